The molecule has 18 nitrogen and oxygen atoms in total. The zero-order valence-corrected chi connectivity index (χ0v) is 72.4. The summed E-state index contributed by atoms with van der Waals surface area (Å²) in [6.07, 6.45) is 26.5. The van der Waals surface area contributed by atoms with Crippen molar-refractivity contribution in [2.24, 2.45) is 0 Å². The fraction of sp³-hybridized carbons (Fsp3) is 0.565. The van der Waals surface area contributed by atoms with Crippen molar-refractivity contribution in [3.05, 3.63) is 167 Å². The lowest BCUT2D eigenvalue weighted by Gasteiger charge is -2.23. The molecule has 0 saturated heterocycles. The molecule has 0 unspecified atom stereocenters. The number of methoxy groups -OCH3 is 2. The van der Waals surface area contributed by atoms with Gasteiger partial charge in [0.25, 0.3) is 22.2 Å². The van der Waals surface area contributed by atoms with Crippen molar-refractivity contribution in [1.29, 1.82) is 0 Å². The Morgan fingerprint density at radius 3 is 0.732 bits per heavy atom. The van der Waals surface area contributed by atoms with E-state index >= 15 is 0 Å². The predicted molar refractivity (Wildman–Crippen MR) is 468 cm³/mol. The van der Waals surface area contributed by atoms with E-state index in [1.54, 1.807) is 32.5 Å². The van der Waals surface area contributed by atoms with E-state index in [0.717, 1.165) is 165 Å². The largest absolute Gasteiger partial charge is 0.496 e. The number of aromatic nitrogens is 8. The first-order chi connectivity index (χ1) is 54.2. The molecule has 20 heteroatoms. The second-order valence-corrected chi connectivity index (χ2v) is 31.1. The van der Waals surface area contributed by atoms with Gasteiger partial charge in [0.05, 0.1) is 58.2 Å². The van der Waals surface area contributed by atoms with Gasteiger partial charge in [-0.15, -0.1) is 0 Å². The summed E-state index contributed by atoms with van der Waals surface area (Å²) >= 11 is 13.3. The zero-order chi connectivity index (χ0) is 81.0. The van der Waals surface area contributed by atoms with Crippen molar-refractivity contribution in [3.8, 4) is 57.1 Å². The molecule has 0 amide bonds. The van der Waals surface area contributed by atoms with Crippen LogP contribution in [0.4, 0.5) is 22.7 Å². The molecule has 4 aromatic carbocycles. The summed E-state index contributed by atoms with van der Waals surface area (Å²) in [6, 6.07) is 18.3. The molecule has 4 aliphatic carbocycles. The minimum atomic E-state index is 0.00261. The van der Waals surface area contributed by atoms with Crippen LogP contribution in [0, 0.1) is 0 Å². The molecule has 608 valence electrons. The van der Waals surface area contributed by atoms with Crippen molar-refractivity contribution in [1.82, 2.24) is 38.2 Å². The monoisotopic (exact) mass is 1570 g/mol. The van der Waals surface area contributed by atoms with E-state index in [1.165, 1.54) is 83.0 Å². The predicted octanol–water partition coefficient (Wildman–Crippen LogP) is 20.4. The van der Waals surface area contributed by atoms with E-state index < -0.39 is 0 Å². The fourth-order valence-corrected chi connectivity index (χ4v) is 17.1. The topological polar surface area (TPSA) is 206 Å². The van der Waals surface area contributed by atoms with Gasteiger partial charge in [-0.2, -0.15) is 0 Å². The highest BCUT2D eigenvalue weighted by Gasteiger charge is 2.29. The van der Waals surface area contributed by atoms with Crippen LogP contribution in [0.1, 0.15) is 268 Å². The first kappa shape index (κ1) is 87.7. The Labute approximate surface area is 677 Å². The second-order valence-electron chi connectivity index (χ2n) is 30.2. The first-order valence-electron chi connectivity index (χ1n) is 42.9. The van der Waals surface area contributed by atoms with Crippen molar-refractivity contribution >= 4 is 46.0 Å². The molecule has 4 heterocycles. The van der Waals surface area contributed by atoms with Gasteiger partial charge in [0.15, 0.2) is 0 Å². The third-order valence-electron chi connectivity index (χ3n) is 23.6. The number of anilines is 4. The third-order valence-corrected chi connectivity index (χ3v) is 24.2. The second kappa shape index (κ2) is 41.7. The average Bonchev–Trinajstić information content (AvgIpc) is 1.26. The van der Waals surface area contributed by atoms with Gasteiger partial charge in [-0.1, -0.05) is 106 Å². The highest BCUT2D eigenvalue weighted by molar-refractivity contribution is 6.33. The Bertz CT molecular complexity index is 4790. The standard InChI is InChI=1S/C24H35N3O2.C23H32ClN3O.C23H33N3O2.C22H30ClN3O/c1-6-18(7-2)25-22-20(8-3)26-23(27(9-4)24(22)28)19-14-16-12-10-11-13-17(16)15-21(19)29-5;1-5-17(6-2)25-21-20(7-3)26-22(27(8-4)23(21)28)18-13-15-11-9-10-12-16(15)14-19(18)24;1-6-17(7-2)24-21-19(8-3)25-22(26(9-4)23(21)27)18-13-15-11-10-12-16(15)14-20(18)28-5;1-5-16(6-2)24-20-19(7-3)25-21(26(8-4)22(20)27)17-12-14-10-9-11-15(14)13-18(17)23/h14-15,18,25H,6-13H2,1-5H3;13-14,17,25H,5-12H2,1-4H3;13-14,17,24H,6-12H2,1-5H3;12-13,16,24H,5-11H2,1-4H3. The lowest BCUT2D eigenvalue weighted by molar-refractivity contribution is 0.414. The normalized spacial score (nSPS) is 13.4. The third kappa shape index (κ3) is 19.6. The van der Waals surface area contributed by atoms with E-state index in [2.05, 4.69) is 139 Å². The molecule has 0 atom stereocenters. The van der Waals surface area contributed by atoms with E-state index in [9.17, 15) is 19.2 Å². The number of aryl methyl sites for hydroxylation is 12. The Morgan fingerprint density at radius 2 is 0.518 bits per heavy atom. The maximum absolute atomic E-state index is 13.4. The summed E-state index contributed by atoms with van der Waals surface area (Å²) in [6.45, 7) is 35.6. The van der Waals surface area contributed by atoms with Gasteiger partial charge >= 0.3 is 0 Å². The quantitative estimate of drug-likeness (QED) is 0.0331. The zero-order valence-electron chi connectivity index (χ0n) is 70.9. The summed E-state index contributed by atoms with van der Waals surface area (Å²) in [4.78, 5) is 73.3. The molecule has 0 fully saturated rings. The number of fused-ring (bicyclic) bond motifs is 4. The minimum absolute atomic E-state index is 0.00261. The van der Waals surface area contributed by atoms with Crippen molar-refractivity contribution < 1.29 is 9.47 Å². The van der Waals surface area contributed by atoms with Gasteiger partial charge in [-0.05, 0) is 288 Å². The molecule has 4 aromatic heterocycles. The van der Waals surface area contributed by atoms with Gasteiger partial charge in [0, 0.05) is 61.5 Å². The number of rotatable bonds is 30. The molecular formula is C92H130Cl2N12O6. The summed E-state index contributed by atoms with van der Waals surface area (Å²) < 4.78 is 18.5. The Kier molecular flexibility index (Phi) is 32.7. The van der Waals surface area contributed by atoms with Crippen LogP contribution >= 0.6 is 23.2 Å². The molecule has 112 heavy (non-hydrogen) atoms. The molecule has 0 spiro atoms. The van der Waals surface area contributed by atoms with Crippen LogP contribution in [-0.4, -0.2) is 76.6 Å². The summed E-state index contributed by atoms with van der Waals surface area (Å²) in [5.41, 5.74) is 20.3. The Morgan fingerprint density at radius 1 is 0.312 bits per heavy atom. The van der Waals surface area contributed by atoms with Crippen molar-refractivity contribution in [2.75, 3.05) is 35.5 Å². The number of halogens is 2. The number of hydrogen-bond donors (Lipinski definition) is 4. The van der Waals surface area contributed by atoms with Gasteiger partial charge in [-0.25, -0.2) is 19.9 Å². The van der Waals surface area contributed by atoms with E-state index in [-0.39, 0.29) is 46.4 Å². The van der Waals surface area contributed by atoms with E-state index in [0.29, 0.717) is 102 Å². The molecule has 4 N–H and O–H groups in total. The highest BCUT2D eigenvalue weighted by Crippen LogP contribution is 2.40. The summed E-state index contributed by atoms with van der Waals surface area (Å²) in [7, 11) is 3.39. The van der Waals surface area contributed by atoms with Crippen LogP contribution < -0.4 is 53.0 Å². The van der Waals surface area contributed by atoms with Crippen molar-refractivity contribution in [3.63, 3.8) is 0 Å². The SMILES string of the molecule is CCc1nc(-c2cc3c(cc2Cl)CCC3)n(CC)c(=O)c1NC(CC)CC.CCc1nc(-c2cc3c(cc2Cl)CCCC3)n(CC)c(=O)c1NC(CC)CC.CCc1nc(-c2cc3c(cc2OC)CCC3)n(CC)c(=O)c1NC(CC)CC.CCc1nc(-c2cc3c(cc2OC)CCCC3)n(CC)c(=O)c1NC(CC)CC. The van der Waals surface area contributed by atoms with Crippen molar-refractivity contribution in [2.45, 2.75) is 328 Å². The summed E-state index contributed by atoms with van der Waals surface area (Å²) in [5, 5.41) is 15.2. The molecule has 0 radical (unpaired) electrons. The first-order valence-corrected chi connectivity index (χ1v) is 43.6. The highest BCUT2D eigenvalue weighted by atomic mass is 35.5. The van der Waals surface area contributed by atoms with Crippen LogP contribution in [0.2, 0.25) is 10.0 Å². The lowest BCUT2D eigenvalue weighted by atomic mass is 9.89. The maximum atomic E-state index is 13.4. The lowest BCUT2D eigenvalue weighted by Crippen LogP contribution is -2.31. The summed E-state index contributed by atoms with van der Waals surface area (Å²) in [5.74, 6) is 4.42. The average molecular weight is 1570 g/mol. The molecular weight excluding hydrogens is 1440 g/mol. The minimum Gasteiger partial charge on any atom is -0.496 e. The van der Waals surface area contributed by atoms with Crippen LogP contribution in [-0.2, 0) is 103 Å². The molecule has 12 rings (SSSR count). The van der Waals surface area contributed by atoms with Crippen LogP contribution in [0.5, 0.6) is 11.5 Å². The Hall–Kier alpha value is -8.22. The molecule has 0 aliphatic heterocycles. The van der Waals surface area contributed by atoms with E-state index in [4.69, 9.17) is 52.6 Å². The number of nitrogens with one attached hydrogen (secondary N) is 4. The van der Waals surface area contributed by atoms with Crippen LogP contribution in [0.25, 0.3) is 45.6 Å². The Balaban J connectivity index is 0.000000171. The van der Waals surface area contributed by atoms with Gasteiger partial charge in [0.1, 0.15) is 57.5 Å². The van der Waals surface area contributed by atoms with E-state index in [1.807, 2.05) is 41.5 Å². The molecule has 0 bridgehead atoms. The maximum Gasteiger partial charge on any atom is 0.277 e. The number of ether oxygens (including phenoxy) is 2. The number of benzene rings is 4. The van der Waals surface area contributed by atoms with Crippen LogP contribution in [0.3, 0.4) is 0 Å². The molecule has 4 aliphatic rings. The van der Waals surface area contributed by atoms with Crippen LogP contribution in [0.15, 0.2) is 67.7 Å². The molecule has 0 saturated carbocycles. The van der Waals surface area contributed by atoms with Gasteiger partial charge < -0.3 is 30.7 Å². The van der Waals surface area contributed by atoms with Gasteiger partial charge in [0.2, 0.25) is 0 Å². The number of nitrogens with zero attached hydrogens (tertiary/aromatic N) is 8. The number of hydrogen-bond acceptors (Lipinski definition) is 14. The smallest absolute Gasteiger partial charge is 0.277 e. The molecule has 8 aromatic rings. The fourth-order valence-electron chi connectivity index (χ4n) is 16.5. The van der Waals surface area contributed by atoms with Gasteiger partial charge in [-0.3, -0.25) is 37.4 Å².